The predicted molar refractivity (Wildman–Crippen MR) is 73.8 cm³/mol. The lowest BCUT2D eigenvalue weighted by atomic mass is 9.95. The average Bonchev–Trinajstić information content (AvgIpc) is 2.66. The van der Waals surface area contributed by atoms with Crippen LogP contribution in [0.1, 0.15) is 26.6 Å². The largest absolute Gasteiger partial charge is 0.399 e. The van der Waals surface area contributed by atoms with Gasteiger partial charge in [-0.2, -0.15) is 8.78 Å². The minimum atomic E-state index is -4.12. The molecule has 0 atom stereocenters. The first-order valence-electron chi connectivity index (χ1n) is 6.44. The highest BCUT2D eigenvalue weighted by Crippen LogP contribution is 2.32. The maximum absolute atomic E-state index is 13.5. The van der Waals surface area contributed by atoms with Gasteiger partial charge in [0.25, 0.3) is 0 Å². The Balaban J connectivity index is 2.64. The van der Waals surface area contributed by atoms with E-state index in [1.807, 2.05) is 0 Å². The Kier molecular flexibility index (Phi) is 3.63. The molecule has 0 bridgehead atoms. The second kappa shape index (κ2) is 4.89. The molecule has 21 heavy (non-hydrogen) atoms. The summed E-state index contributed by atoms with van der Waals surface area (Å²) in [5.41, 5.74) is 6.32. The summed E-state index contributed by atoms with van der Waals surface area (Å²) in [4.78, 5) is 4.29. The van der Waals surface area contributed by atoms with Gasteiger partial charge in [-0.3, -0.25) is 0 Å². The Hall–Kier alpha value is -1.79. The summed E-state index contributed by atoms with van der Waals surface area (Å²) < 4.78 is 53.1. The third kappa shape index (κ3) is 2.96. The Morgan fingerprint density at radius 2 is 1.86 bits per heavy atom. The van der Waals surface area contributed by atoms with Gasteiger partial charge in [0.1, 0.15) is 5.82 Å². The summed E-state index contributed by atoms with van der Waals surface area (Å²) >= 11 is 0. The van der Waals surface area contributed by atoms with Gasteiger partial charge in [0.05, 0.1) is 17.6 Å². The molecule has 1 aromatic heterocycles. The van der Waals surface area contributed by atoms with Crippen molar-refractivity contribution in [2.75, 3.05) is 5.73 Å². The smallest absolute Gasteiger partial charge is 0.324 e. The van der Waals surface area contributed by atoms with E-state index in [1.165, 1.54) is 12.1 Å². The summed E-state index contributed by atoms with van der Waals surface area (Å²) in [6, 6.07) is 4.60. The van der Waals surface area contributed by atoms with Crippen LogP contribution in [0.2, 0.25) is 0 Å². The van der Waals surface area contributed by atoms with Gasteiger partial charge in [0.2, 0.25) is 0 Å². The van der Waals surface area contributed by atoms with Crippen molar-refractivity contribution in [2.45, 2.75) is 45.1 Å². The molecule has 0 radical (unpaired) electrons. The van der Waals surface area contributed by atoms with E-state index in [9.17, 15) is 17.6 Å². The highest BCUT2D eigenvalue weighted by molar-refractivity contribution is 5.80. The predicted octanol–water partition coefficient (Wildman–Crippen LogP) is 3.82. The fourth-order valence-electron chi connectivity index (χ4n) is 2.16. The maximum Gasteiger partial charge on any atom is 0.324 e. The fourth-order valence-corrected chi connectivity index (χ4v) is 2.16. The molecular weight excluding hydrogens is 286 g/mol. The van der Waals surface area contributed by atoms with E-state index >= 15 is 0 Å². The molecule has 3 nitrogen and oxygen atoms in total. The van der Waals surface area contributed by atoms with Crippen LogP contribution in [0.25, 0.3) is 11.0 Å². The third-order valence-electron chi connectivity index (χ3n) is 3.13. The summed E-state index contributed by atoms with van der Waals surface area (Å²) in [5.74, 6) is -3.79. The van der Waals surface area contributed by atoms with E-state index in [4.69, 9.17) is 5.73 Å². The number of anilines is 1. The first-order valence-corrected chi connectivity index (χ1v) is 6.44. The van der Waals surface area contributed by atoms with Crippen LogP contribution in [0, 0.1) is 0 Å². The van der Waals surface area contributed by atoms with E-state index in [0.29, 0.717) is 22.5 Å². The first kappa shape index (κ1) is 15.6. The maximum atomic E-state index is 13.5. The quantitative estimate of drug-likeness (QED) is 0.692. The van der Waals surface area contributed by atoms with Gasteiger partial charge >= 0.3 is 12.3 Å². The molecular formula is C14H17F4N3. The topological polar surface area (TPSA) is 43.8 Å². The van der Waals surface area contributed by atoms with E-state index in [0.717, 1.165) is 4.57 Å². The number of hydrogen-bond donors (Lipinski definition) is 1. The SMILES string of the molecule is CC(C)(C)c1nc2cc(N)ccc2n1CC(F)(F)C(F)F. The Morgan fingerprint density at radius 1 is 1.24 bits per heavy atom. The van der Waals surface area contributed by atoms with Crippen molar-refractivity contribution in [2.24, 2.45) is 0 Å². The number of benzene rings is 1. The fraction of sp³-hybridized carbons (Fsp3) is 0.500. The van der Waals surface area contributed by atoms with Gasteiger partial charge in [-0.15, -0.1) is 0 Å². The molecule has 1 aromatic carbocycles. The van der Waals surface area contributed by atoms with E-state index in [1.54, 1.807) is 26.8 Å². The molecule has 0 aliphatic carbocycles. The van der Waals surface area contributed by atoms with Crippen LogP contribution in [0.4, 0.5) is 23.2 Å². The van der Waals surface area contributed by atoms with Crippen LogP contribution in [-0.2, 0) is 12.0 Å². The summed E-state index contributed by atoms with van der Waals surface area (Å²) in [5, 5.41) is 0. The van der Waals surface area contributed by atoms with Crippen LogP contribution in [0.15, 0.2) is 18.2 Å². The number of nitrogen functional groups attached to an aromatic ring is 1. The Bertz CT molecular complexity index is 656. The number of imidazole rings is 1. The van der Waals surface area contributed by atoms with Gasteiger partial charge in [-0.1, -0.05) is 20.8 Å². The van der Waals surface area contributed by atoms with Crippen molar-refractivity contribution in [1.82, 2.24) is 9.55 Å². The average molecular weight is 303 g/mol. The molecule has 2 N–H and O–H groups in total. The van der Waals surface area contributed by atoms with Crippen molar-refractivity contribution >= 4 is 16.7 Å². The number of aromatic nitrogens is 2. The zero-order valence-corrected chi connectivity index (χ0v) is 12.0. The lowest BCUT2D eigenvalue weighted by Gasteiger charge is -2.23. The van der Waals surface area contributed by atoms with E-state index in [-0.39, 0.29) is 0 Å². The molecule has 0 unspecified atom stereocenters. The number of rotatable bonds is 3. The lowest BCUT2D eigenvalue weighted by Crippen LogP contribution is -2.34. The van der Waals surface area contributed by atoms with Crippen LogP contribution in [0.3, 0.4) is 0 Å². The monoisotopic (exact) mass is 303 g/mol. The van der Waals surface area contributed by atoms with Crippen LogP contribution < -0.4 is 5.73 Å². The van der Waals surface area contributed by atoms with Crippen molar-refractivity contribution in [3.05, 3.63) is 24.0 Å². The molecule has 0 spiro atoms. The zero-order valence-electron chi connectivity index (χ0n) is 12.0. The molecule has 0 aliphatic heterocycles. The molecule has 2 rings (SSSR count). The van der Waals surface area contributed by atoms with E-state index in [2.05, 4.69) is 4.98 Å². The molecule has 1 heterocycles. The van der Waals surface area contributed by atoms with Gasteiger partial charge in [-0.25, -0.2) is 13.8 Å². The Morgan fingerprint density at radius 3 is 2.38 bits per heavy atom. The number of halogens is 4. The number of hydrogen-bond acceptors (Lipinski definition) is 2. The number of alkyl halides is 4. The number of nitrogens with two attached hydrogens (primary N) is 1. The second-order valence-corrected chi connectivity index (χ2v) is 6.08. The second-order valence-electron chi connectivity index (χ2n) is 6.08. The Labute approximate surface area is 119 Å². The summed E-state index contributed by atoms with van der Waals surface area (Å²) in [6.45, 7) is 4.25. The molecule has 116 valence electrons. The normalized spacial score (nSPS) is 13.3. The summed E-state index contributed by atoms with van der Waals surface area (Å²) in [7, 11) is 0. The molecule has 7 heteroatoms. The van der Waals surface area contributed by atoms with Crippen molar-refractivity contribution in [3.63, 3.8) is 0 Å². The highest BCUT2D eigenvalue weighted by atomic mass is 19.3. The molecule has 0 fully saturated rings. The summed E-state index contributed by atoms with van der Waals surface area (Å²) in [6.07, 6.45) is -3.73. The van der Waals surface area contributed by atoms with Crippen LogP contribution >= 0.6 is 0 Å². The van der Waals surface area contributed by atoms with Gasteiger partial charge < -0.3 is 10.3 Å². The number of fused-ring (bicyclic) bond motifs is 1. The van der Waals surface area contributed by atoms with Crippen molar-refractivity contribution in [3.8, 4) is 0 Å². The van der Waals surface area contributed by atoms with Crippen molar-refractivity contribution in [1.29, 1.82) is 0 Å². The third-order valence-corrected chi connectivity index (χ3v) is 3.13. The van der Waals surface area contributed by atoms with E-state index < -0.39 is 24.3 Å². The van der Waals surface area contributed by atoms with Gasteiger partial charge in [-0.05, 0) is 18.2 Å². The standard InChI is InChI=1S/C14H17F4N3/c1-13(2,3)12-20-9-6-8(19)4-5-10(9)21(12)7-14(17,18)11(15)16/h4-6,11H,7,19H2,1-3H3. The molecule has 0 amide bonds. The van der Waals surface area contributed by atoms with Gasteiger partial charge in [0.15, 0.2) is 0 Å². The van der Waals surface area contributed by atoms with Crippen LogP contribution in [-0.4, -0.2) is 21.9 Å². The van der Waals surface area contributed by atoms with Crippen molar-refractivity contribution < 1.29 is 17.6 Å². The zero-order chi connectivity index (χ0) is 16.0. The van der Waals surface area contributed by atoms with Gasteiger partial charge in [0, 0.05) is 11.1 Å². The first-order chi connectivity index (χ1) is 9.52. The molecule has 0 saturated carbocycles. The van der Waals surface area contributed by atoms with Crippen LogP contribution in [0.5, 0.6) is 0 Å². The molecule has 0 saturated heterocycles. The molecule has 0 aliphatic rings. The highest BCUT2D eigenvalue weighted by Gasteiger charge is 2.42. The minimum Gasteiger partial charge on any atom is -0.399 e. The number of nitrogens with zero attached hydrogens (tertiary/aromatic N) is 2. The lowest BCUT2D eigenvalue weighted by molar-refractivity contribution is -0.137. The molecule has 2 aromatic rings. The minimum absolute atomic E-state index is 0.323.